The maximum atomic E-state index is 13.5. The number of amides is 1. The lowest BCUT2D eigenvalue weighted by molar-refractivity contribution is -0.120. The Morgan fingerprint density at radius 3 is 2.38 bits per heavy atom. The van der Waals surface area contributed by atoms with E-state index in [1.165, 1.54) is 19.2 Å². The first-order valence-electron chi connectivity index (χ1n) is 10.9. The Kier molecular flexibility index (Phi) is 8.17. The standard InChI is InChI=1S/C26H30N2O5S/c1-19-12-14-24(15-13-19)34(30,31)28(22-9-7-10-23(16-22)32-4)17-26(29)27-21(3)18-33-25-11-6-5-8-20(25)2/h5-16,21H,17-18H2,1-4H3,(H,27,29). The summed E-state index contributed by atoms with van der Waals surface area (Å²) >= 11 is 0. The van der Waals surface area contributed by atoms with Gasteiger partial charge in [-0.3, -0.25) is 9.10 Å². The zero-order valence-corrected chi connectivity index (χ0v) is 20.6. The second-order valence-corrected chi connectivity index (χ2v) is 9.93. The topological polar surface area (TPSA) is 84.9 Å². The van der Waals surface area contributed by atoms with Gasteiger partial charge >= 0.3 is 0 Å². The van der Waals surface area contributed by atoms with Crippen LogP contribution >= 0.6 is 0 Å². The fraction of sp³-hybridized carbons (Fsp3) is 0.269. The monoisotopic (exact) mass is 482 g/mol. The molecule has 0 fully saturated rings. The number of anilines is 1. The minimum atomic E-state index is -4.00. The molecule has 0 radical (unpaired) electrons. The van der Waals surface area contributed by atoms with E-state index in [1.54, 1.807) is 43.3 Å². The maximum absolute atomic E-state index is 13.5. The highest BCUT2D eigenvalue weighted by Gasteiger charge is 2.28. The van der Waals surface area contributed by atoms with Gasteiger partial charge in [0.05, 0.1) is 23.7 Å². The average molecular weight is 483 g/mol. The molecule has 0 saturated carbocycles. The number of nitrogens with one attached hydrogen (secondary N) is 1. The van der Waals surface area contributed by atoms with Crippen LogP contribution in [0.1, 0.15) is 18.1 Å². The number of sulfonamides is 1. The van der Waals surface area contributed by atoms with Crippen LogP contribution in [0.4, 0.5) is 5.69 Å². The van der Waals surface area contributed by atoms with Crippen molar-refractivity contribution in [3.8, 4) is 11.5 Å². The zero-order valence-electron chi connectivity index (χ0n) is 19.8. The third kappa shape index (κ3) is 6.29. The van der Waals surface area contributed by atoms with Crippen LogP contribution in [0.25, 0.3) is 0 Å². The van der Waals surface area contributed by atoms with Crippen LogP contribution in [0.2, 0.25) is 0 Å². The lowest BCUT2D eigenvalue weighted by atomic mass is 10.2. The lowest BCUT2D eigenvalue weighted by Gasteiger charge is -2.25. The molecule has 34 heavy (non-hydrogen) atoms. The van der Waals surface area contributed by atoms with Crippen molar-refractivity contribution in [1.29, 1.82) is 0 Å². The van der Waals surface area contributed by atoms with E-state index in [-0.39, 0.29) is 17.5 Å². The molecule has 0 aliphatic rings. The largest absolute Gasteiger partial charge is 0.497 e. The molecule has 7 nitrogen and oxygen atoms in total. The van der Waals surface area contributed by atoms with E-state index in [4.69, 9.17) is 9.47 Å². The Hall–Kier alpha value is -3.52. The molecule has 1 unspecified atom stereocenters. The van der Waals surface area contributed by atoms with Gasteiger partial charge in [-0.1, -0.05) is 42.0 Å². The normalized spacial score (nSPS) is 12.0. The Balaban J connectivity index is 1.78. The van der Waals surface area contributed by atoms with Crippen LogP contribution in [0.5, 0.6) is 11.5 Å². The highest BCUT2D eigenvalue weighted by atomic mass is 32.2. The van der Waals surface area contributed by atoms with E-state index in [2.05, 4.69) is 5.32 Å². The van der Waals surface area contributed by atoms with Crippen LogP contribution < -0.4 is 19.1 Å². The second kappa shape index (κ2) is 11.1. The van der Waals surface area contributed by atoms with Crippen molar-refractivity contribution in [3.63, 3.8) is 0 Å². The van der Waals surface area contributed by atoms with Crippen molar-refractivity contribution < 1.29 is 22.7 Å². The molecule has 0 heterocycles. The number of hydrogen-bond donors (Lipinski definition) is 1. The summed E-state index contributed by atoms with van der Waals surface area (Å²) in [6.07, 6.45) is 0. The summed E-state index contributed by atoms with van der Waals surface area (Å²) in [4.78, 5) is 13.0. The maximum Gasteiger partial charge on any atom is 0.264 e. The molecular weight excluding hydrogens is 452 g/mol. The zero-order chi connectivity index (χ0) is 24.7. The van der Waals surface area contributed by atoms with Gasteiger partial charge in [0.15, 0.2) is 0 Å². The Labute approximate surface area is 201 Å². The van der Waals surface area contributed by atoms with Crippen LogP contribution in [-0.4, -0.2) is 40.6 Å². The van der Waals surface area contributed by atoms with E-state index >= 15 is 0 Å². The van der Waals surface area contributed by atoms with Gasteiger partial charge in [-0.2, -0.15) is 0 Å². The third-order valence-corrected chi connectivity index (χ3v) is 7.02. The average Bonchev–Trinajstić information content (AvgIpc) is 2.82. The van der Waals surface area contributed by atoms with Crippen molar-refractivity contribution in [1.82, 2.24) is 5.32 Å². The first-order valence-corrected chi connectivity index (χ1v) is 12.4. The smallest absolute Gasteiger partial charge is 0.264 e. The van der Waals surface area contributed by atoms with Crippen LogP contribution in [0.15, 0.2) is 77.7 Å². The first-order chi connectivity index (χ1) is 16.2. The molecule has 8 heteroatoms. The van der Waals surface area contributed by atoms with Gasteiger partial charge in [0.25, 0.3) is 10.0 Å². The van der Waals surface area contributed by atoms with Crippen LogP contribution in [-0.2, 0) is 14.8 Å². The molecule has 3 rings (SSSR count). The highest BCUT2D eigenvalue weighted by molar-refractivity contribution is 7.92. The van der Waals surface area contributed by atoms with E-state index < -0.39 is 22.5 Å². The van der Waals surface area contributed by atoms with E-state index in [9.17, 15) is 13.2 Å². The van der Waals surface area contributed by atoms with Crippen molar-refractivity contribution in [2.45, 2.75) is 31.7 Å². The Bertz CT molecular complexity index is 1230. The molecule has 3 aromatic carbocycles. The number of methoxy groups -OCH3 is 1. The number of carbonyl (C=O) groups excluding carboxylic acids is 1. The van der Waals surface area contributed by atoms with Gasteiger partial charge in [0.1, 0.15) is 24.7 Å². The molecular formula is C26H30N2O5S. The summed E-state index contributed by atoms with van der Waals surface area (Å²) in [7, 11) is -2.50. The highest BCUT2D eigenvalue weighted by Crippen LogP contribution is 2.27. The number of ether oxygens (including phenoxy) is 2. The Morgan fingerprint density at radius 1 is 1.00 bits per heavy atom. The summed E-state index contributed by atoms with van der Waals surface area (Å²) in [6.45, 7) is 5.49. The van der Waals surface area contributed by atoms with Gasteiger partial charge in [0.2, 0.25) is 5.91 Å². The summed E-state index contributed by atoms with van der Waals surface area (Å²) in [5, 5.41) is 2.83. The summed E-state index contributed by atoms with van der Waals surface area (Å²) in [5.74, 6) is 0.782. The molecule has 0 aliphatic heterocycles. The van der Waals surface area contributed by atoms with E-state index in [0.717, 1.165) is 21.2 Å². The molecule has 1 N–H and O–H groups in total. The minimum Gasteiger partial charge on any atom is -0.497 e. The summed E-state index contributed by atoms with van der Waals surface area (Å²) < 4.78 is 39.1. The third-order valence-electron chi connectivity index (χ3n) is 5.23. The number of benzene rings is 3. The number of carbonyl (C=O) groups is 1. The van der Waals surface area contributed by atoms with Crippen LogP contribution in [0, 0.1) is 13.8 Å². The number of aryl methyl sites for hydroxylation is 2. The van der Waals surface area contributed by atoms with Gasteiger partial charge in [-0.05, 0) is 56.7 Å². The molecule has 180 valence electrons. The van der Waals surface area contributed by atoms with E-state index in [1.807, 2.05) is 38.1 Å². The lowest BCUT2D eigenvalue weighted by Crippen LogP contribution is -2.45. The van der Waals surface area contributed by atoms with Crippen molar-refractivity contribution in [2.24, 2.45) is 0 Å². The molecule has 0 aromatic heterocycles. The van der Waals surface area contributed by atoms with Gasteiger partial charge in [-0.25, -0.2) is 8.42 Å². The number of hydrogen-bond acceptors (Lipinski definition) is 5. The Morgan fingerprint density at radius 2 is 1.71 bits per heavy atom. The number of nitrogens with zero attached hydrogens (tertiary/aromatic N) is 1. The van der Waals surface area contributed by atoms with Crippen LogP contribution in [0.3, 0.4) is 0 Å². The second-order valence-electron chi connectivity index (χ2n) is 8.07. The van der Waals surface area contributed by atoms with Crippen molar-refractivity contribution >= 4 is 21.6 Å². The fourth-order valence-corrected chi connectivity index (χ4v) is 4.76. The summed E-state index contributed by atoms with van der Waals surface area (Å²) in [6, 6.07) is 20.4. The molecule has 0 bridgehead atoms. The van der Waals surface area contributed by atoms with Gasteiger partial charge in [-0.15, -0.1) is 0 Å². The van der Waals surface area contributed by atoms with Crippen molar-refractivity contribution in [2.75, 3.05) is 24.6 Å². The molecule has 1 amide bonds. The number of para-hydroxylation sites is 1. The predicted octanol–water partition coefficient (Wildman–Crippen LogP) is 4.09. The molecule has 0 aliphatic carbocycles. The number of rotatable bonds is 10. The van der Waals surface area contributed by atoms with Gasteiger partial charge < -0.3 is 14.8 Å². The fourth-order valence-electron chi connectivity index (χ4n) is 3.34. The molecule has 0 saturated heterocycles. The molecule has 0 spiro atoms. The van der Waals surface area contributed by atoms with Gasteiger partial charge in [0, 0.05) is 6.07 Å². The van der Waals surface area contributed by atoms with E-state index in [0.29, 0.717) is 11.4 Å². The predicted molar refractivity (Wildman–Crippen MR) is 133 cm³/mol. The summed E-state index contributed by atoms with van der Waals surface area (Å²) in [5.41, 5.74) is 2.26. The SMILES string of the molecule is COc1cccc(N(CC(=O)NC(C)COc2ccccc2C)S(=O)(=O)c2ccc(C)cc2)c1. The first kappa shape index (κ1) is 25.1. The van der Waals surface area contributed by atoms with Crippen molar-refractivity contribution in [3.05, 3.63) is 83.9 Å². The quantitative estimate of drug-likeness (QED) is 0.471. The molecule has 3 aromatic rings. The molecule has 1 atom stereocenters. The minimum absolute atomic E-state index is 0.102.